The first-order valence-corrected chi connectivity index (χ1v) is 15.8. The van der Waals surface area contributed by atoms with Crippen LogP contribution in [0.4, 0.5) is 21.5 Å². The third-order valence-corrected chi connectivity index (χ3v) is 11.0. The SMILES string of the molecule is CN(C)S(=O)(=O)c1ccc(S(=O)(=O)Nc2ccccc2N2CCC3(CCN(c4ccc(Cl)cc4F)C3)C2)cc1. The second kappa shape index (κ2) is 10.3. The second-order valence-electron chi connectivity index (χ2n) is 10.3. The number of hydrogen-bond acceptors (Lipinski definition) is 6. The summed E-state index contributed by atoms with van der Waals surface area (Å²) in [6.07, 6.45) is 1.81. The molecular formula is C27H30ClFN4O4S2. The highest BCUT2D eigenvalue weighted by molar-refractivity contribution is 7.92. The Kier molecular flexibility index (Phi) is 7.30. The van der Waals surface area contributed by atoms with Crippen LogP contribution in [0.1, 0.15) is 12.8 Å². The summed E-state index contributed by atoms with van der Waals surface area (Å²) in [6, 6.07) is 17.1. The molecule has 2 saturated heterocycles. The molecule has 2 aliphatic rings. The van der Waals surface area contributed by atoms with Crippen molar-refractivity contribution in [1.29, 1.82) is 0 Å². The van der Waals surface area contributed by atoms with Gasteiger partial charge in [0.05, 0.1) is 26.9 Å². The fourth-order valence-electron chi connectivity index (χ4n) is 5.39. The second-order valence-corrected chi connectivity index (χ2v) is 14.6. The van der Waals surface area contributed by atoms with E-state index < -0.39 is 20.0 Å². The minimum Gasteiger partial charge on any atom is -0.369 e. The van der Waals surface area contributed by atoms with Gasteiger partial charge in [0.25, 0.3) is 10.0 Å². The standard InChI is InChI=1S/C27H30ClFN4O4S2/c1-31(2)39(36,37)22-10-8-21(9-11-22)38(34,35)30-24-5-3-4-6-26(24)33-16-14-27(19-33)13-15-32(18-27)25-12-7-20(28)17-23(25)29/h3-12,17,30H,13-16,18-19H2,1-2H3. The summed E-state index contributed by atoms with van der Waals surface area (Å²) in [5, 5.41) is 0.366. The minimum absolute atomic E-state index is 0.0123. The van der Waals surface area contributed by atoms with Crippen LogP contribution in [0.15, 0.2) is 76.5 Å². The summed E-state index contributed by atoms with van der Waals surface area (Å²) in [6.45, 7) is 2.90. The van der Waals surface area contributed by atoms with Crippen molar-refractivity contribution in [2.75, 3.05) is 54.8 Å². The average molecular weight is 593 g/mol. The van der Waals surface area contributed by atoms with E-state index in [1.807, 2.05) is 12.1 Å². The number of sulfonamides is 2. The monoisotopic (exact) mass is 592 g/mol. The third kappa shape index (κ3) is 5.45. The van der Waals surface area contributed by atoms with E-state index in [2.05, 4.69) is 14.5 Å². The molecule has 0 saturated carbocycles. The van der Waals surface area contributed by atoms with E-state index in [-0.39, 0.29) is 21.0 Å². The molecule has 2 aliphatic heterocycles. The molecule has 0 bridgehead atoms. The first kappa shape index (κ1) is 27.7. The molecule has 0 radical (unpaired) electrons. The zero-order valence-corrected chi connectivity index (χ0v) is 24.0. The van der Waals surface area contributed by atoms with Gasteiger partial charge in [-0.05, 0) is 67.4 Å². The van der Waals surface area contributed by atoms with Gasteiger partial charge in [-0.15, -0.1) is 0 Å². The number of benzene rings is 3. The van der Waals surface area contributed by atoms with E-state index >= 15 is 0 Å². The van der Waals surface area contributed by atoms with Crippen molar-refractivity contribution in [3.63, 3.8) is 0 Å². The topological polar surface area (TPSA) is 90.0 Å². The van der Waals surface area contributed by atoms with Crippen LogP contribution in [0, 0.1) is 11.2 Å². The number of rotatable bonds is 7. The summed E-state index contributed by atoms with van der Waals surface area (Å²) >= 11 is 5.93. The molecule has 0 aromatic heterocycles. The zero-order valence-electron chi connectivity index (χ0n) is 21.6. The quantitative estimate of drug-likeness (QED) is 0.430. The van der Waals surface area contributed by atoms with E-state index in [0.29, 0.717) is 29.5 Å². The fraction of sp³-hybridized carbons (Fsp3) is 0.333. The van der Waals surface area contributed by atoms with Crippen molar-refractivity contribution in [2.24, 2.45) is 5.41 Å². The van der Waals surface area contributed by atoms with Crippen molar-refractivity contribution in [2.45, 2.75) is 22.6 Å². The maximum absolute atomic E-state index is 14.6. The molecule has 39 heavy (non-hydrogen) atoms. The summed E-state index contributed by atoms with van der Waals surface area (Å²) in [7, 11) is -4.81. The number of hydrogen-bond donors (Lipinski definition) is 1. The number of nitrogens with zero attached hydrogens (tertiary/aromatic N) is 3. The number of anilines is 3. The molecule has 8 nitrogen and oxygen atoms in total. The van der Waals surface area contributed by atoms with Crippen molar-refractivity contribution in [3.8, 4) is 0 Å². The van der Waals surface area contributed by atoms with E-state index in [1.165, 1.54) is 44.4 Å². The number of nitrogens with one attached hydrogen (secondary N) is 1. The van der Waals surface area contributed by atoms with Gasteiger partial charge >= 0.3 is 0 Å². The van der Waals surface area contributed by atoms with Crippen LogP contribution in [0.25, 0.3) is 0 Å². The average Bonchev–Trinajstić information content (AvgIpc) is 3.50. The maximum Gasteiger partial charge on any atom is 0.261 e. The van der Waals surface area contributed by atoms with Gasteiger partial charge < -0.3 is 9.80 Å². The largest absolute Gasteiger partial charge is 0.369 e. The Balaban J connectivity index is 1.33. The van der Waals surface area contributed by atoms with E-state index in [4.69, 9.17) is 11.6 Å². The molecule has 3 aromatic carbocycles. The molecule has 1 unspecified atom stereocenters. The first-order chi connectivity index (χ1) is 18.4. The smallest absolute Gasteiger partial charge is 0.261 e. The molecule has 3 aromatic rings. The Bertz CT molecular complexity index is 1600. The van der Waals surface area contributed by atoms with Crippen LogP contribution in [-0.2, 0) is 20.0 Å². The number of halogens is 2. The maximum atomic E-state index is 14.6. The summed E-state index contributed by atoms with van der Waals surface area (Å²) in [5.74, 6) is -0.332. The predicted molar refractivity (Wildman–Crippen MR) is 152 cm³/mol. The molecule has 5 rings (SSSR count). The van der Waals surface area contributed by atoms with Gasteiger partial charge in [0.1, 0.15) is 5.82 Å². The van der Waals surface area contributed by atoms with Crippen LogP contribution in [-0.4, -0.2) is 61.4 Å². The van der Waals surface area contributed by atoms with Crippen molar-refractivity contribution >= 4 is 48.7 Å². The highest BCUT2D eigenvalue weighted by Crippen LogP contribution is 2.44. The third-order valence-electron chi connectivity index (χ3n) is 7.53. The molecule has 1 N–H and O–H groups in total. The Labute approximate surface area is 234 Å². The predicted octanol–water partition coefficient (Wildman–Crippen LogP) is 4.64. The van der Waals surface area contributed by atoms with Gasteiger partial charge in [-0.25, -0.2) is 25.5 Å². The lowest BCUT2D eigenvalue weighted by molar-refractivity contribution is 0.373. The summed E-state index contributed by atoms with van der Waals surface area (Å²) in [4.78, 5) is 4.21. The molecule has 2 fully saturated rings. The molecule has 1 atom stereocenters. The molecule has 2 heterocycles. The first-order valence-electron chi connectivity index (χ1n) is 12.5. The Morgan fingerprint density at radius 1 is 0.846 bits per heavy atom. The Hall–Kier alpha value is -2.86. The van der Waals surface area contributed by atoms with Crippen LogP contribution in [0.3, 0.4) is 0 Å². The van der Waals surface area contributed by atoms with Crippen LogP contribution in [0.2, 0.25) is 5.02 Å². The van der Waals surface area contributed by atoms with Crippen LogP contribution in [0.5, 0.6) is 0 Å². The van der Waals surface area contributed by atoms with E-state index in [9.17, 15) is 21.2 Å². The lowest BCUT2D eigenvalue weighted by Gasteiger charge is -2.27. The molecule has 12 heteroatoms. The zero-order chi connectivity index (χ0) is 28.0. The lowest BCUT2D eigenvalue weighted by atomic mass is 9.86. The van der Waals surface area contributed by atoms with Gasteiger partial charge in [-0.1, -0.05) is 23.7 Å². The molecule has 208 valence electrons. The molecule has 0 aliphatic carbocycles. The van der Waals surface area contributed by atoms with Crippen molar-refractivity contribution < 1.29 is 21.2 Å². The molecule has 0 amide bonds. The van der Waals surface area contributed by atoms with Crippen LogP contribution >= 0.6 is 11.6 Å². The van der Waals surface area contributed by atoms with E-state index in [0.717, 1.165) is 35.9 Å². The normalized spacial score (nSPS) is 19.8. The highest BCUT2D eigenvalue weighted by Gasteiger charge is 2.44. The summed E-state index contributed by atoms with van der Waals surface area (Å²) in [5.41, 5.74) is 1.72. The Morgan fingerprint density at radius 2 is 1.44 bits per heavy atom. The lowest BCUT2D eigenvalue weighted by Crippen LogP contribution is -2.31. The number of para-hydroxylation sites is 2. The van der Waals surface area contributed by atoms with Crippen LogP contribution < -0.4 is 14.5 Å². The van der Waals surface area contributed by atoms with Gasteiger partial charge in [0, 0.05) is 50.7 Å². The van der Waals surface area contributed by atoms with Crippen molar-refractivity contribution in [3.05, 3.63) is 77.6 Å². The molecule has 1 spiro atoms. The summed E-state index contributed by atoms with van der Waals surface area (Å²) < 4.78 is 69.4. The van der Waals surface area contributed by atoms with Gasteiger partial charge in [-0.2, -0.15) is 0 Å². The minimum atomic E-state index is -3.97. The van der Waals surface area contributed by atoms with Crippen molar-refractivity contribution in [1.82, 2.24) is 4.31 Å². The molecular weight excluding hydrogens is 563 g/mol. The van der Waals surface area contributed by atoms with E-state index in [1.54, 1.807) is 24.3 Å². The van der Waals surface area contributed by atoms with Gasteiger partial charge in [-0.3, -0.25) is 4.72 Å². The van der Waals surface area contributed by atoms with Gasteiger partial charge in [0.2, 0.25) is 10.0 Å². The van der Waals surface area contributed by atoms with Gasteiger partial charge in [0.15, 0.2) is 0 Å². The Morgan fingerprint density at radius 3 is 2.05 bits per heavy atom. The highest BCUT2D eigenvalue weighted by atomic mass is 35.5. The fourth-order valence-corrected chi connectivity index (χ4v) is 7.53.